The van der Waals surface area contributed by atoms with Crippen LogP contribution in [-0.4, -0.2) is 34.1 Å². The van der Waals surface area contributed by atoms with E-state index in [1.807, 2.05) is 13.8 Å². The first-order valence-corrected chi connectivity index (χ1v) is 5.92. The molecule has 16 heavy (non-hydrogen) atoms. The lowest BCUT2D eigenvalue weighted by atomic mass is 9.73. The van der Waals surface area contributed by atoms with E-state index in [9.17, 15) is 10.2 Å². The van der Waals surface area contributed by atoms with Crippen LogP contribution in [0, 0.1) is 5.41 Å². The van der Waals surface area contributed by atoms with E-state index in [4.69, 9.17) is 4.74 Å². The summed E-state index contributed by atoms with van der Waals surface area (Å²) in [5.74, 6) is 0. The average molecular weight is 232 g/mol. The molecule has 0 aromatic carbocycles. The van der Waals surface area contributed by atoms with Crippen molar-refractivity contribution in [2.24, 2.45) is 5.41 Å². The molecule has 98 valence electrons. The van der Waals surface area contributed by atoms with Crippen LogP contribution in [0.1, 0.15) is 54.9 Å². The minimum Gasteiger partial charge on any atom is -0.393 e. The van der Waals surface area contributed by atoms with Crippen LogP contribution in [-0.2, 0) is 4.74 Å². The fourth-order valence-corrected chi connectivity index (χ4v) is 1.54. The van der Waals surface area contributed by atoms with Crippen molar-refractivity contribution in [3.8, 4) is 0 Å². The summed E-state index contributed by atoms with van der Waals surface area (Å²) >= 11 is 0. The molecule has 0 aliphatic carbocycles. The minimum absolute atomic E-state index is 0.146. The highest BCUT2D eigenvalue weighted by atomic mass is 16.5. The normalized spacial score (nSPS) is 16.3. The van der Waals surface area contributed by atoms with Gasteiger partial charge < -0.3 is 14.9 Å². The lowest BCUT2D eigenvalue weighted by molar-refractivity contribution is -0.147. The van der Waals surface area contributed by atoms with E-state index >= 15 is 0 Å². The second-order valence-corrected chi connectivity index (χ2v) is 6.55. The maximum atomic E-state index is 9.65. The Hall–Kier alpha value is -0.120. The van der Waals surface area contributed by atoms with Crippen molar-refractivity contribution in [1.82, 2.24) is 0 Å². The molecule has 0 aliphatic heterocycles. The van der Waals surface area contributed by atoms with Gasteiger partial charge in [0.2, 0.25) is 0 Å². The molecule has 0 radical (unpaired) electrons. The van der Waals surface area contributed by atoms with E-state index in [1.165, 1.54) is 0 Å². The molecule has 0 aromatic heterocycles. The third kappa shape index (κ3) is 5.28. The fourth-order valence-electron chi connectivity index (χ4n) is 1.54. The standard InChI is InChI=1S/C13H28O3/c1-10(14)8-11(2,3)13(6,7)16-9-12(4,5)15/h10,14-15H,8-9H2,1-7H3/t10-/m0/s1. The van der Waals surface area contributed by atoms with Crippen molar-refractivity contribution in [2.45, 2.75) is 72.2 Å². The maximum Gasteiger partial charge on any atom is 0.0824 e. The first-order valence-electron chi connectivity index (χ1n) is 5.92. The van der Waals surface area contributed by atoms with Crippen LogP contribution in [0.25, 0.3) is 0 Å². The van der Waals surface area contributed by atoms with Gasteiger partial charge in [-0.3, -0.25) is 0 Å². The van der Waals surface area contributed by atoms with E-state index in [1.54, 1.807) is 20.8 Å². The largest absolute Gasteiger partial charge is 0.393 e. The summed E-state index contributed by atoms with van der Waals surface area (Å²) in [5.41, 5.74) is -1.35. The Morgan fingerprint density at radius 1 is 1.06 bits per heavy atom. The van der Waals surface area contributed by atoms with Crippen molar-refractivity contribution in [3.05, 3.63) is 0 Å². The van der Waals surface area contributed by atoms with Crippen molar-refractivity contribution in [2.75, 3.05) is 6.61 Å². The van der Waals surface area contributed by atoms with E-state index in [2.05, 4.69) is 13.8 Å². The molecular weight excluding hydrogens is 204 g/mol. The Balaban J connectivity index is 4.51. The Morgan fingerprint density at radius 2 is 1.50 bits per heavy atom. The maximum absolute atomic E-state index is 9.65. The number of hydrogen-bond donors (Lipinski definition) is 2. The summed E-state index contributed by atoms with van der Waals surface area (Å²) in [6.07, 6.45) is 0.325. The zero-order valence-electron chi connectivity index (χ0n) is 11.8. The number of ether oxygens (including phenoxy) is 1. The monoisotopic (exact) mass is 232 g/mol. The molecule has 1 atom stereocenters. The second-order valence-electron chi connectivity index (χ2n) is 6.55. The first-order chi connectivity index (χ1) is 6.87. The molecule has 0 saturated carbocycles. The molecule has 0 bridgehead atoms. The van der Waals surface area contributed by atoms with E-state index < -0.39 is 5.60 Å². The van der Waals surface area contributed by atoms with Gasteiger partial charge in [-0.05, 0) is 46.5 Å². The van der Waals surface area contributed by atoms with E-state index in [-0.39, 0.29) is 17.1 Å². The highest BCUT2D eigenvalue weighted by Gasteiger charge is 2.39. The average Bonchev–Trinajstić information content (AvgIpc) is 1.96. The smallest absolute Gasteiger partial charge is 0.0824 e. The number of aliphatic hydroxyl groups is 2. The molecule has 3 heteroatoms. The Bertz CT molecular complexity index is 212. The molecule has 0 unspecified atom stereocenters. The van der Waals surface area contributed by atoms with Crippen molar-refractivity contribution >= 4 is 0 Å². The van der Waals surface area contributed by atoms with Gasteiger partial charge in [0, 0.05) is 0 Å². The van der Waals surface area contributed by atoms with Crippen LogP contribution >= 0.6 is 0 Å². The summed E-state index contributed by atoms with van der Waals surface area (Å²) < 4.78 is 5.80. The molecule has 0 saturated heterocycles. The molecule has 0 heterocycles. The summed E-state index contributed by atoms with van der Waals surface area (Å²) in [7, 11) is 0. The van der Waals surface area contributed by atoms with Crippen molar-refractivity contribution < 1.29 is 14.9 Å². The minimum atomic E-state index is -0.821. The number of hydrogen-bond acceptors (Lipinski definition) is 3. The summed E-state index contributed by atoms with van der Waals surface area (Å²) in [6.45, 7) is 13.7. The highest BCUT2D eigenvalue weighted by molar-refractivity contribution is 4.89. The van der Waals surface area contributed by atoms with Crippen molar-refractivity contribution in [3.63, 3.8) is 0 Å². The molecule has 0 aromatic rings. The fraction of sp³-hybridized carbons (Fsp3) is 1.00. The van der Waals surface area contributed by atoms with Gasteiger partial charge in [0.1, 0.15) is 0 Å². The Labute approximate surface area is 99.8 Å². The predicted octanol–water partition coefficient (Wildman–Crippen LogP) is 2.35. The van der Waals surface area contributed by atoms with E-state index in [0.717, 1.165) is 0 Å². The first kappa shape index (κ1) is 15.9. The molecule has 0 rings (SSSR count). The molecule has 0 aliphatic rings. The summed E-state index contributed by atoms with van der Waals surface area (Å²) in [6, 6.07) is 0. The quantitative estimate of drug-likeness (QED) is 0.739. The summed E-state index contributed by atoms with van der Waals surface area (Å²) in [4.78, 5) is 0. The van der Waals surface area contributed by atoms with Crippen LogP contribution in [0.3, 0.4) is 0 Å². The Morgan fingerprint density at radius 3 is 1.81 bits per heavy atom. The van der Waals surface area contributed by atoms with Crippen LogP contribution < -0.4 is 0 Å². The molecule has 3 nitrogen and oxygen atoms in total. The molecule has 0 spiro atoms. The number of aliphatic hydroxyl groups excluding tert-OH is 1. The van der Waals surface area contributed by atoms with Gasteiger partial charge in [-0.1, -0.05) is 13.8 Å². The van der Waals surface area contributed by atoms with Gasteiger partial charge in [-0.15, -0.1) is 0 Å². The van der Waals surface area contributed by atoms with Gasteiger partial charge >= 0.3 is 0 Å². The second kappa shape index (κ2) is 5.03. The Kier molecular flexibility index (Phi) is 4.99. The molecule has 0 fully saturated rings. The summed E-state index contributed by atoms with van der Waals surface area (Å²) in [5, 5.41) is 19.1. The lowest BCUT2D eigenvalue weighted by Crippen LogP contribution is -2.46. The van der Waals surface area contributed by atoms with Gasteiger partial charge in [0.05, 0.1) is 23.9 Å². The molecule has 0 amide bonds. The van der Waals surface area contributed by atoms with Crippen molar-refractivity contribution in [1.29, 1.82) is 0 Å². The third-order valence-electron chi connectivity index (χ3n) is 3.22. The van der Waals surface area contributed by atoms with E-state index in [0.29, 0.717) is 13.0 Å². The number of rotatable bonds is 6. The molecule has 2 N–H and O–H groups in total. The van der Waals surface area contributed by atoms with Crippen LogP contribution in [0.5, 0.6) is 0 Å². The van der Waals surface area contributed by atoms with Crippen LogP contribution in [0.15, 0.2) is 0 Å². The van der Waals surface area contributed by atoms with Gasteiger partial charge in [-0.2, -0.15) is 0 Å². The highest BCUT2D eigenvalue weighted by Crippen LogP contribution is 2.38. The van der Waals surface area contributed by atoms with Gasteiger partial charge in [0.25, 0.3) is 0 Å². The predicted molar refractivity (Wildman–Crippen MR) is 66.4 cm³/mol. The third-order valence-corrected chi connectivity index (χ3v) is 3.22. The molecular formula is C13H28O3. The SMILES string of the molecule is C[C@H](O)CC(C)(C)C(C)(C)OCC(C)(C)O. The van der Waals surface area contributed by atoms with Gasteiger partial charge in [-0.25, -0.2) is 0 Å². The zero-order valence-corrected chi connectivity index (χ0v) is 11.8. The topological polar surface area (TPSA) is 49.7 Å². The van der Waals surface area contributed by atoms with Crippen LogP contribution in [0.2, 0.25) is 0 Å². The van der Waals surface area contributed by atoms with Gasteiger partial charge in [0.15, 0.2) is 0 Å². The van der Waals surface area contributed by atoms with Crippen LogP contribution in [0.4, 0.5) is 0 Å². The zero-order chi connectivity index (χ0) is 13.2. The lowest BCUT2D eigenvalue weighted by Gasteiger charge is -2.43.